The third-order valence-corrected chi connectivity index (χ3v) is 2.33. The summed E-state index contributed by atoms with van der Waals surface area (Å²) >= 11 is 3.30. The number of aromatic nitrogens is 2. The van der Waals surface area contributed by atoms with Crippen LogP contribution in [0.2, 0.25) is 0 Å². The van der Waals surface area contributed by atoms with E-state index in [1.165, 1.54) is 0 Å². The SMILES string of the molecule is N#Cc1nc2ccc(Br)cc2nc1C#N. The molecule has 1 heterocycles. The third-order valence-electron chi connectivity index (χ3n) is 1.84. The summed E-state index contributed by atoms with van der Waals surface area (Å²) in [6.45, 7) is 0. The Bertz CT molecular complexity index is 622. The maximum absolute atomic E-state index is 8.76. The van der Waals surface area contributed by atoms with Gasteiger partial charge in [-0.25, -0.2) is 9.97 Å². The highest BCUT2D eigenvalue weighted by molar-refractivity contribution is 9.10. The van der Waals surface area contributed by atoms with E-state index in [9.17, 15) is 0 Å². The number of nitriles is 2. The van der Waals surface area contributed by atoms with E-state index in [1.54, 1.807) is 12.1 Å². The second-order valence-corrected chi connectivity index (χ2v) is 3.69. The normalized spacial score (nSPS) is 9.53. The Balaban J connectivity index is 2.84. The number of hydrogen-bond acceptors (Lipinski definition) is 4. The van der Waals surface area contributed by atoms with Gasteiger partial charge in [0.25, 0.3) is 0 Å². The van der Waals surface area contributed by atoms with E-state index in [0.29, 0.717) is 11.0 Å². The predicted molar refractivity (Wildman–Crippen MR) is 56.7 cm³/mol. The van der Waals surface area contributed by atoms with Crippen molar-refractivity contribution in [3.05, 3.63) is 34.1 Å². The lowest BCUT2D eigenvalue weighted by atomic mass is 10.2. The number of halogens is 1. The van der Waals surface area contributed by atoms with Gasteiger partial charge in [0.15, 0.2) is 11.4 Å². The van der Waals surface area contributed by atoms with Gasteiger partial charge in [-0.1, -0.05) is 15.9 Å². The molecule has 0 unspecified atom stereocenters. The molecule has 70 valence electrons. The average molecular weight is 259 g/mol. The summed E-state index contributed by atoms with van der Waals surface area (Å²) < 4.78 is 0.859. The van der Waals surface area contributed by atoms with Crippen LogP contribution < -0.4 is 0 Å². The Morgan fingerprint density at radius 2 is 1.60 bits per heavy atom. The molecule has 2 aromatic rings. The Kier molecular flexibility index (Phi) is 2.32. The fraction of sp³-hybridized carbons (Fsp3) is 0. The topological polar surface area (TPSA) is 73.4 Å². The predicted octanol–water partition coefficient (Wildman–Crippen LogP) is 2.14. The van der Waals surface area contributed by atoms with Crippen LogP contribution in [0.3, 0.4) is 0 Å². The molecule has 0 spiro atoms. The number of nitrogens with zero attached hydrogens (tertiary/aromatic N) is 4. The van der Waals surface area contributed by atoms with Gasteiger partial charge in [0.05, 0.1) is 11.0 Å². The van der Waals surface area contributed by atoms with Gasteiger partial charge in [0, 0.05) is 4.47 Å². The highest BCUT2D eigenvalue weighted by Crippen LogP contribution is 2.17. The van der Waals surface area contributed by atoms with Crippen LogP contribution in [-0.4, -0.2) is 9.97 Å². The summed E-state index contributed by atoms with van der Waals surface area (Å²) in [5.41, 5.74) is 1.32. The molecule has 1 aromatic carbocycles. The molecule has 4 nitrogen and oxygen atoms in total. The highest BCUT2D eigenvalue weighted by Gasteiger charge is 2.07. The van der Waals surface area contributed by atoms with Gasteiger partial charge in [0.1, 0.15) is 12.1 Å². The van der Waals surface area contributed by atoms with Crippen molar-refractivity contribution in [3.8, 4) is 12.1 Å². The Hall–Kier alpha value is -1.98. The summed E-state index contributed by atoms with van der Waals surface area (Å²) in [5.74, 6) is 0. The van der Waals surface area contributed by atoms with Crippen molar-refractivity contribution in [2.45, 2.75) is 0 Å². The molecule has 0 saturated carbocycles. The third kappa shape index (κ3) is 1.65. The highest BCUT2D eigenvalue weighted by atomic mass is 79.9. The first kappa shape index (κ1) is 9.57. The van der Waals surface area contributed by atoms with Gasteiger partial charge in [-0.05, 0) is 18.2 Å². The van der Waals surface area contributed by atoms with Gasteiger partial charge >= 0.3 is 0 Å². The first-order valence-corrected chi connectivity index (χ1v) is 4.81. The first-order chi connectivity index (χ1) is 7.24. The van der Waals surface area contributed by atoms with Crippen LogP contribution in [0.5, 0.6) is 0 Å². The lowest BCUT2D eigenvalue weighted by Crippen LogP contribution is -1.95. The smallest absolute Gasteiger partial charge is 0.177 e. The quantitative estimate of drug-likeness (QED) is 0.726. The van der Waals surface area contributed by atoms with E-state index in [4.69, 9.17) is 10.5 Å². The number of fused-ring (bicyclic) bond motifs is 1. The molecule has 0 N–H and O–H groups in total. The van der Waals surface area contributed by atoms with Crippen molar-refractivity contribution in [2.24, 2.45) is 0 Å². The number of hydrogen-bond donors (Lipinski definition) is 0. The van der Waals surface area contributed by atoms with Crippen molar-refractivity contribution in [2.75, 3.05) is 0 Å². The second-order valence-electron chi connectivity index (χ2n) is 2.78. The maximum atomic E-state index is 8.76. The van der Waals surface area contributed by atoms with Crippen molar-refractivity contribution in [1.82, 2.24) is 9.97 Å². The van der Waals surface area contributed by atoms with Crippen LogP contribution >= 0.6 is 15.9 Å². The van der Waals surface area contributed by atoms with Gasteiger partial charge < -0.3 is 0 Å². The Labute approximate surface area is 93.9 Å². The fourth-order valence-electron chi connectivity index (χ4n) is 1.18. The molecule has 0 radical (unpaired) electrons. The summed E-state index contributed by atoms with van der Waals surface area (Å²) in [6.07, 6.45) is 0. The van der Waals surface area contributed by atoms with Gasteiger partial charge in [-0.2, -0.15) is 10.5 Å². The molecule has 15 heavy (non-hydrogen) atoms. The minimum absolute atomic E-state index is 0.0584. The van der Waals surface area contributed by atoms with Crippen LogP contribution in [0.15, 0.2) is 22.7 Å². The summed E-state index contributed by atoms with van der Waals surface area (Å²) in [6, 6.07) is 9.00. The summed E-state index contributed by atoms with van der Waals surface area (Å²) in [7, 11) is 0. The van der Waals surface area contributed by atoms with Crippen molar-refractivity contribution >= 4 is 27.0 Å². The van der Waals surface area contributed by atoms with Crippen LogP contribution in [0.1, 0.15) is 11.4 Å². The van der Waals surface area contributed by atoms with Crippen LogP contribution in [0.4, 0.5) is 0 Å². The van der Waals surface area contributed by atoms with Crippen LogP contribution in [0.25, 0.3) is 11.0 Å². The van der Waals surface area contributed by atoms with Crippen molar-refractivity contribution in [1.29, 1.82) is 10.5 Å². The first-order valence-electron chi connectivity index (χ1n) is 4.02. The summed E-state index contributed by atoms with van der Waals surface area (Å²) in [5, 5.41) is 17.5. The maximum Gasteiger partial charge on any atom is 0.177 e. The molecule has 5 heteroatoms. The molecule has 0 atom stereocenters. The molecular formula is C10H3BrN4. The molecule has 0 saturated heterocycles. The zero-order valence-corrected chi connectivity index (χ0v) is 8.98. The molecule has 0 fully saturated rings. The molecule has 0 aliphatic heterocycles. The fourth-order valence-corrected chi connectivity index (χ4v) is 1.53. The van der Waals surface area contributed by atoms with Crippen LogP contribution in [-0.2, 0) is 0 Å². The monoisotopic (exact) mass is 258 g/mol. The average Bonchev–Trinajstić information content (AvgIpc) is 2.27. The Morgan fingerprint density at radius 1 is 1.00 bits per heavy atom. The zero-order valence-electron chi connectivity index (χ0n) is 7.40. The molecule has 0 aliphatic rings. The molecule has 0 amide bonds. The molecule has 0 aliphatic carbocycles. The van der Waals surface area contributed by atoms with E-state index in [-0.39, 0.29) is 11.4 Å². The zero-order chi connectivity index (χ0) is 10.8. The van der Waals surface area contributed by atoms with Gasteiger partial charge in [0.2, 0.25) is 0 Å². The van der Waals surface area contributed by atoms with E-state index >= 15 is 0 Å². The van der Waals surface area contributed by atoms with E-state index in [1.807, 2.05) is 18.2 Å². The number of rotatable bonds is 0. The summed E-state index contributed by atoms with van der Waals surface area (Å²) in [4.78, 5) is 8.09. The van der Waals surface area contributed by atoms with Crippen LogP contribution in [0, 0.1) is 22.7 Å². The number of benzene rings is 1. The van der Waals surface area contributed by atoms with E-state index < -0.39 is 0 Å². The molecule has 2 rings (SSSR count). The van der Waals surface area contributed by atoms with Gasteiger partial charge in [-0.3, -0.25) is 0 Å². The minimum atomic E-state index is 0.0584. The molecule has 0 bridgehead atoms. The van der Waals surface area contributed by atoms with Crippen molar-refractivity contribution in [3.63, 3.8) is 0 Å². The second kappa shape index (κ2) is 3.64. The van der Waals surface area contributed by atoms with E-state index in [0.717, 1.165) is 4.47 Å². The molecular weight excluding hydrogens is 256 g/mol. The van der Waals surface area contributed by atoms with Gasteiger partial charge in [-0.15, -0.1) is 0 Å². The standard InChI is InChI=1S/C10H3BrN4/c11-6-1-2-7-8(3-6)15-10(5-13)9(4-12)14-7/h1-3H. The lowest BCUT2D eigenvalue weighted by molar-refractivity contribution is 1.20. The molecule has 1 aromatic heterocycles. The minimum Gasteiger partial charge on any atom is -0.232 e. The largest absolute Gasteiger partial charge is 0.232 e. The van der Waals surface area contributed by atoms with E-state index in [2.05, 4.69) is 25.9 Å². The lowest BCUT2D eigenvalue weighted by Gasteiger charge is -1.98. The Morgan fingerprint density at radius 3 is 2.20 bits per heavy atom. The van der Waals surface area contributed by atoms with Crippen molar-refractivity contribution < 1.29 is 0 Å².